The highest BCUT2D eigenvalue weighted by molar-refractivity contribution is 5.49. The summed E-state index contributed by atoms with van der Waals surface area (Å²) in [5, 5.41) is 13.5. The van der Waals surface area contributed by atoms with E-state index in [9.17, 15) is 5.11 Å². The lowest BCUT2D eigenvalue weighted by Crippen LogP contribution is -2.20. The van der Waals surface area contributed by atoms with Gasteiger partial charge in [-0.1, -0.05) is 12.1 Å². The molecule has 6 nitrogen and oxygen atoms in total. The number of nitrogens with one attached hydrogen (secondary N) is 1. The summed E-state index contributed by atoms with van der Waals surface area (Å²) >= 11 is 0. The fourth-order valence-electron chi connectivity index (χ4n) is 2.73. The number of aliphatic hydroxyl groups is 1. The van der Waals surface area contributed by atoms with Crippen LogP contribution in [0, 0.1) is 0 Å². The van der Waals surface area contributed by atoms with E-state index in [1.165, 1.54) is 12.8 Å². The van der Waals surface area contributed by atoms with Gasteiger partial charge in [-0.3, -0.25) is 0 Å². The standard InChI is InChI=1S/C17H22N4O2/c1-23-14-6-4-5-13(9-14)15(22)11-18-16-10-17(20-12-19-16)21-7-2-3-8-21/h4-6,9-10,12,15,22H,2-3,7-8,11H2,1H3,(H,18,19,20)/t15-/m1/s1. The summed E-state index contributed by atoms with van der Waals surface area (Å²) in [5.41, 5.74) is 0.811. The first kappa shape index (κ1) is 15.6. The minimum atomic E-state index is -0.629. The maximum absolute atomic E-state index is 10.3. The topological polar surface area (TPSA) is 70.5 Å². The van der Waals surface area contributed by atoms with Crippen LogP contribution in [0.4, 0.5) is 11.6 Å². The minimum Gasteiger partial charge on any atom is -0.497 e. The number of hydrogen-bond donors (Lipinski definition) is 2. The Morgan fingerprint density at radius 3 is 2.87 bits per heavy atom. The van der Waals surface area contributed by atoms with Crippen LogP contribution in [0.3, 0.4) is 0 Å². The molecule has 2 N–H and O–H groups in total. The summed E-state index contributed by atoms with van der Waals surface area (Å²) in [6, 6.07) is 9.38. The highest BCUT2D eigenvalue weighted by Crippen LogP contribution is 2.21. The SMILES string of the molecule is COc1cccc([C@H](O)CNc2cc(N3CCCC3)ncn2)c1. The summed E-state index contributed by atoms with van der Waals surface area (Å²) in [6.07, 6.45) is 3.35. The van der Waals surface area contributed by atoms with Crippen LogP contribution in [0.15, 0.2) is 36.7 Å². The highest BCUT2D eigenvalue weighted by atomic mass is 16.5. The molecule has 1 atom stereocenters. The Morgan fingerprint density at radius 2 is 2.09 bits per heavy atom. The molecular weight excluding hydrogens is 292 g/mol. The van der Waals surface area contributed by atoms with Crippen molar-refractivity contribution in [2.24, 2.45) is 0 Å². The van der Waals surface area contributed by atoms with Gasteiger partial charge in [0.05, 0.1) is 13.2 Å². The first-order valence-corrected chi connectivity index (χ1v) is 7.89. The molecule has 0 aliphatic carbocycles. The molecule has 0 saturated carbocycles. The number of anilines is 2. The van der Waals surface area contributed by atoms with Gasteiger partial charge >= 0.3 is 0 Å². The van der Waals surface area contributed by atoms with E-state index in [-0.39, 0.29) is 0 Å². The highest BCUT2D eigenvalue weighted by Gasteiger charge is 2.14. The smallest absolute Gasteiger partial charge is 0.134 e. The number of nitrogens with zero attached hydrogens (tertiary/aromatic N) is 3. The lowest BCUT2D eigenvalue weighted by molar-refractivity contribution is 0.191. The second kappa shape index (κ2) is 7.28. The zero-order valence-electron chi connectivity index (χ0n) is 13.3. The van der Waals surface area contributed by atoms with Crippen LogP contribution in [0.25, 0.3) is 0 Å². The van der Waals surface area contributed by atoms with Gasteiger partial charge in [0, 0.05) is 25.7 Å². The molecule has 0 spiro atoms. The summed E-state index contributed by atoms with van der Waals surface area (Å²) < 4.78 is 5.18. The number of rotatable bonds is 6. The molecule has 1 saturated heterocycles. The molecule has 1 fully saturated rings. The third-order valence-corrected chi connectivity index (χ3v) is 4.04. The lowest BCUT2D eigenvalue weighted by Gasteiger charge is -2.17. The quantitative estimate of drug-likeness (QED) is 0.852. The second-order valence-corrected chi connectivity index (χ2v) is 5.63. The van der Waals surface area contributed by atoms with Gasteiger partial charge in [0.1, 0.15) is 23.7 Å². The van der Waals surface area contributed by atoms with Gasteiger partial charge in [0.25, 0.3) is 0 Å². The molecule has 2 heterocycles. The summed E-state index contributed by atoms with van der Waals surface area (Å²) in [4.78, 5) is 10.8. The number of aromatic nitrogens is 2. The average Bonchev–Trinajstić information content (AvgIpc) is 3.14. The van der Waals surface area contributed by atoms with Gasteiger partial charge in [0.2, 0.25) is 0 Å². The maximum Gasteiger partial charge on any atom is 0.134 e. The summed E-state index contributed by atoms with van der Waals surface area (Å²) in [7, 11) is 1.62. The van der Waals surface area contributed by atoms with Gasteiger partial charge < -0.3 is 20.1 Å². The fourth-order valence-corrected chi connectivity index (χ4v) is 2.73. The first-order chi connectivity index (χ1) is 11.3. The third kappa shape index (κ3) is 3.90. The number of hydrogen-bond acceptors (Lipinski definition) is 6. The molecule has 1 aromatic heterocycles. The van der Waals surface area contributed by atoms with E-state index >= 15 is 0 Å². The zero-order chi connectivity index (χ0) is 16.1. The molecule has 1 aliphatic heterocycles. The van der Waals surface area contributed by atoms with Gasteiger partial charge in [-0.2, -0.15) is 0 Å². The fraction of sp³-hybridized carbons (Fsp3) is 0.412. The van der Waals surface area contributed by atoms with Crippen LogP contribution in [-0.2, 0) is 0 Å². The van der Waals surface area contributed by atoms with Crippen molar-refractivity contribution in [2.75, 3.05) is 37.0 Å². The van der Waals surface area contributed by atoms with E-state index in [0.717, 1.165) is 36.0 Å². The van der Waals surface area contributed by atoms with Gasteiger partial charge in [0.15, 0.2) is 0 Å². The van der Waals surface area contributed by atoms with E-state index in [1.807, 2.05) is 30.3 Å². The molecule has 0 unspecified atom stereocenters. The van der Waals surface area contributed by atoms with E-state index in [2.05, 4.69) is 20.2 Å². The number of ether oxygens (including phenoxy) is 1. The Labute approximate surface area is 136 Å². The predicted molar refractivity (Wildman–Crippen MR) is 89.9 cm³/mol. The van der Waals surface area contributed by atoms with Crippen molar-refractivity contribution in [2.45, 2.75) is 18.9 Å². The molecule has 0 radical (unpaired) electrons. The van der Waals surface area contributed by atoms with Crippen molar-refractivity contribution in [1.82, 2.24) is 9.97 Å². The molecule has 23 heavy (non-hydrogen) atoms. The van der Waals surface area contributed by atoms with E-state index in [0.29, 0.717) is 6.54 Å². The largest absolute Gasteiger partial charge is 0.497 e. The van der Waals surface area contributed by atoms with Crippen LogP contribution < -0.4 is 15.0 Å². The molecule has 3 rings (SSSR count). The van der Waals surface area contributed by atoms with Crippen molar-refractivity contribution < 1.29 is 9.84 Å². The maximum atomic E-state index is 10.3. The Bertz CT molecular complexity index is 644. The van der Waals surface area contributed by atoms with Crippen LogP contribution in [0.1, 0.15) is 24.5 Å². The van der Waals surface area contributed by atoms with Gasteiger partial charge in [-0.05, 0) is 30.5 Å². The number of benzene rings is 1. The summed E-state index contributed by atoms with van der Waals surface area (Å²) in [5.74, 6) is 2.40. The van der Waals surface area contributed by atoms with Crippen LogP contribution >= 0.6 is 0 Å². The lowest BCUT2D eigenvalue weighted by atomic mass is 10.1. The second-order valence-electron chi connectivity index (χ2n) is 5.63. The first-order valence-electron chi connectivity index (χ1n) is 7.89. The van der Waals surface area contributed by atoms with Crippen LogP contribution in [-0.4, -0.2) is 41.8 Å². The van der Waals surface area contributed by atoms with Gasteiger partial charge in [-0.15, -0.1) is 0 Å². The van der Waals surface area contributed by atoms with Crippen molar-refractivity contribution >= 4 is 11.6 Å². The zero-order valence-corrected chi connectivity index (χ0v) is 13.3. The molecular formula is C17H22N4O2. The number of aliphatic hydroxyl groups excluding tert-OH is 1. The Balaban J connectivity index is 1.62. The predicted octanol–water partition coefficient (Wildman–Crippen LogP) is 2.23. The normalized spacial score (nSPS) is 15.5. The van der Waals surface area contributed by atoms with Crippen molar-refractivity contribution in [3.63, 3.8) is 0 Å². The van der Waals surface area contributed by atoms with E-state index in [4.69, 9.17) is 4.74 Å². The molecule has 1 aromatic carbocycles. The Morgan fingerprint density at radius 1 is 1.26 bits per heavy atom. The van der Waals surface area contributed by atoms with Crippen LogP contribution in [0.5, 0.6) is 5.75 Å². The van der Waals surface area contributed by atoms with E-state index in [1.54, 1.807) is 13.4 Å². The third-order valence-electron chi connectivity index (χ3n) is 4.04. The minimum absolute atomic E-state index is 0.379. The average molecular weight is 314 g/mol. The summed E-state index contributed by atoms with van der Waals surface area (Å²) in [6.45, 7) is 2.47. The van der Waals surface area contributed by atoms with Crippen molar-refractivity contribution in [1.29, 1.82) is 0 Å². The van der Waals surface area contributed by atoms with Gasteiger partial charge in [-0.25, -0.2) is 9.97 Å². The van der Waals surface area contributed by atoms with E-state index < -0.39 is 6.10 Å². The van der Waals surface area contributed by atoms with Crippen molar-refractivity contribution in [3.05, 3.63) is 42.2 Å². The molecule has 2 aromatic rings. The molecule has 1 aliphatic rings. The molecule has 6 heteroatoms. The molecule has 0 bridgehead atoms. The monoisotopic (exact) mass is 314 g/mol. The molecule has 122 valence electrons. The number of methoxy groups -OCH3 is 1. The Hall–Kier alpha value is -2.34. The molecule has 0 amide bonds. The van der Waals surface area contributed by atoms with Crippen LogP contribution in [0.2, 0.25) is 0 Å². The Kier molecular flexibility index (Phi) is 4.92. The van der Waals surface area contributed by atoms with Crippen molar-refractivity contribution in [3.8, 4) is 5.75 Å².